The molecule has 1 aromatic heterocycles. The Labute approximate surface area is 105 Å². The first-order valence-electron chi connectivity index (χ1n) is 5.91. The molecule has 0 unspecified atom stereocenters. The van der Waals surface area contributed by atoms with Crippen LogP contribution in [-0.4, -0.2) is 27.6 Å². The highest BCUT2D eigenvalue weighted by Gasteiger charge is 2.33. The van der Waals surface area contributed by atoms with E-state index in [1.54, 1.807) is 0 Å². The summed E-state index contributed by atoms with van der Waals surface area (Å²) in [5.74, 6) is 0.116. The highest BCUT2D eigenvalue weighted by molar-refractivity contribution is 7.08. The Morgan fingerprint density at radius 3 is 2.82 bits per heavy atom. The molecule has 1 aliphatic carbocycles. The van der Waals surface area contributed by atoms with Gasteiger partial charge >= 0.3 is 0 Å². The summed E-state index contributed by atoms with van der Waals surface area (Å²) in [6.45, 7) is 4.55. The number of carbonyl (C=O) groups is 1. The van der Waals surface area contributed by atoms with Crippen LogP contribution in [0.4, 0.5) is 0 Å². The van der Waals surface area contributed by atoms with Crippen LogP contribution >= 0.6 is 11.5 Å². The lowest BCUT2D eigenvalue weighted by atomic mass is 9.78. The second-order valence-electron chi connectivity index (χ2n) is 5.04. The number of amides is 1. The standard InChI is InChI=1S/C11H18N4OS/c1-7(2)8-9(17-15-14-8)10(16)13-6-11(12)4-3-5-11/h7H,3-6,12H2,1-2H3,(H,13,16). The van der Waals surface area contributed by atoms with E-state index in [2.05, 4.69) is 14.9 Å². The number of nitrogens with zero attached hydrogens (tertiary/aromatic N) is 2. The van der Waals surface area contributed by atoms with Crippen molar-refractivity contribution in [3.8, 4) is 0 Å². The molecule has 0 atom stereocenters. The van der Waals surface area contributed by atoms with E-state index in [0.717, 1.165) is 36.5 Å². The third-order valence-electron chi connectivity index (χ3n) is 3.22. The molecule has 94 valence electrons. The molecule has 0 saturated heterocycles. The molecule has 5 nitrogen and oxygen atoms in total. The van der Waals surface area contributed by atoms with Crippen LogP contribution in [-0.2, 0) is 0 Å². The topological polar surface area (TPSA) is 80.9 Å². The Kier molecular flexibility index (Phi) is 3.44. The van der Waals surface area contributed by atoms with E-state index in [4.69, 9.17) is 5.73 Å². The Balaban J connectivity index is 1.97. The third kappa shape index (κ3) is 2.63. The maximum absolute atomic E-state index is 12.0. The zero-order chi connectivity index (χ0) is 12.5. The van der Waals surface area contributed by atoms with Crippen molar-refractivity contribution in [2.24, 2.45) is 5.73 Å². The molecule has 0 spiro atoms. The molecule has 1 aliphatic rings. The molecule has 0 aliphatic heterocycles. The first kappa shape index (κ1) is 12.4. The van der Waals surface area contributed by atoms with Crippen LogP contribution in [0.5, 0.6) is 0 Å². The van der Waals surface area contributed by atoms with E-state index in [1.165, 1.54) is 0 Å². The number of carbonyl (C=O) groups excluding carboxylic acids is 1. The summed E-state index contributed by atoms with van der Waals surface area (Å²) in [6.07, 6.45) is 3.14. The number of hydrogen-bond acceptors (Lipinski definition) is 5. The highest BCUT2D eigenvalue weighted by atomic mass is 32.1. The van der Waals surface area contributed by atoms with Crippen LogP contribution < -0.4 is 11.1 Å². The quantitative estimate of drug-likeness (QED) is 0.848. The van der Waals surface area contributed by atoms with Crippen LogP contribution in [0.1, 0.15) is 54.4 Å². The summed E-state index contributed by atoms with van der Waals surface area (Å²) < 4.78 is 3.84. The lowest BCUT2D eigenvalue weighted by Gasteiger charge is -2.38. The number of aromatic nitrogens is 2. The van der Waals surface area contributed by atoms with Crippen LogP contribution in [0.3, 0.4) is 0 Å². The number of nitrogens with two attached hydrogens (primary N) is 1. The normalized spacial score (nSPS) is 17.9. The van der Waals surface area contributed by atoms with Crippen molar-refractivity contribution in [1.82, 2.24) is 14.9 Å². The van der Waals surface area contributed by atoms with Gasteiger partial charge in [0.25, 0.3) is 5.91 Å². The molecule has 0 aromatic carbocycles. The summed E-state index contributed by atoms with van der Waals surface area (Å²) in [4.78, 5) is 12.6. The smallest absolute Gasteiger partial charge is 0.265 e. The summed E-state index contributed by atoms with van der Waals surface area (Å²) in [6, 6.07) is 0. The van der Waals surface area contributed by atoms with Gasteiger partial charge in [-0.05, 0) is 36.7 Å². The summed E-state index contributed by atoms with van der Waals surface area (Å²) in [5.41, 5.74) is 6.64. The van der Waals surface area contributed by atoms with Gasteiger partial charge in [0.1, 0.15) is 4.88 Å². The van der Waals surface area contributed by atoms with Gasteiger partial charge in [-0.3, -0.25) is 4.79 Å². The second-order valence-corrected chi connectivity index (χ2v) is 5.79. The van der Waals surface area contributed by atoms with Gasteiger partial charge in [0.05, 0.1) is 5.69 Å². The minimum Gasteiger partial charge on any atom is -0.349 e. The molecule has 0 bridgehead atoms. The highest BCUT2D eigenvalue weighted by Crippen LogP contribution is 2.28. The zero-order valence-electron chi connectivity index (χ0n) is 10.2. The zero-order valence-corrected chi connectivity index (χ0v) is 11.0. The van der Waals surface area contributed by atoms with Crippen molar-refractivity contribution in [3.05, 3.63) is 10.6 Å². The Hall–Kier alpha value is -1.01. The van der Waals surface area contributed by atoms with Crippen molar-refractivity contribution in [3.63, 3.8) is 0 Å². The molecular weight excluding hydrogens is 236 g/mol. The van der Waals surface area contributed by atoms with E-state index in [-0.39, 0.29) is 17.4 Å². The summed E-state index contributed by atoms with van der Waals surface area (Å²) in [7, 11) is 0. The molecular formula is C11H18N4OS. The maximum Gasteiger partial charge on any atom is 0.265 e. The van der Waals surface area contributed by atoms with Gasteiger partial charge in [0.2, 0.25) is 0 Å². The van der Waals surface area contributed by atoms with Crippen molar-refractivity contribution in [2.75, 3.05) is 6.54 Å². The van der Waals surface area contributed by atoms with Crippen LogP contribution in [0.25, 0.3) is 0 Å². The van der Waals surface area contributed by atoms with Gasteiger partial charge < -0.3 is 11.1 Å². The van der Waals surface area contributed by atoms with E-state index >= 15 is 0 Å². The summed E-state index contributed by atoms with van der Waals surface area (Å²) in [5, 5.41) is 6.88. The van der Waals surface area contributed by atoms with Crippen molar-refractivity contribution < 1.29 is 4.79 Å². The lowest BCUT2D eigenvalue weighted by molar-refractivity contribution is 0.0932. The van der Waals surface area contributed by atoms with Crippen LogP contribution in [0, 0.1) is 0 Å². The van der Waals surface area contributed by atoms with Crippen molar-refractivity contribution in [2.45, 2.75) is 44.6 Å². The fourth-order valence-electron chi connectivity index (χ4n) is 1.88. The summed E-state index contributed by atoms with van der Waals surface area (Å²) >= 11 is 1.15. The molecule has 2 rings (SSSR count). The lowest BCUT2D eigenvalue weighted by Crippen LogP contribution is -2.54. The van der Waals surface area contributed by atoms with Gasteiger partial charge in [-0.1, -0.05) is 18.3 Å². The molecule has 3 N–H and O–H groups in total. The van der Waals surface area contributed by atoms with Gasteiger partial charge in [-0.25, -0.2) is 0 Å². The number of nitrogens with one attached hydrogen (secondary N) is 1. The molecule has 1 fully saturated rings. The third-order valence-corrected chi connectivity index (χ3v) is 3.96. The van der Waals surface area contributed by atoms with Crippen molar-refractivity contribution >= 4 is 17.4 Å². The molecule has 0 radical (unpaired) electrons. The molecule has 6 heteroatoms. The number of rotatable bonds is 4. The van der Waals surface area contributed by atoms with E-state index in [9.17, 15) is 4.79 Å². The first-order valence-corrected chi connectivity index (χ1v) is 6.68. The largest absolute Gasteiger partial charge is 0.349 e. The first-order chi connectivity index (χ1) is 8.02. The van der Waals surface area contributed by atoms with E-state index in [0.29, 0.717) is 11.4 Å². The van der Waals surface area contributed by atoms with Gasteiger partial charge in [0, 0.05) is 12.1 Å². The van der Waals surface area contributed by atoms with Crippen molar-refractivity contribution in [1.29, 1.82) is 0 Å². The molecule has 1 amide bonds. The van der Waals surface area contributed by atoms with Crippen LogP contribution in [0.15, 0.2) is 0 Å². The number of hydrogen-bond donors (Lipinski definition) is 2. The minimum atomic E-state index is -0.189. The van der Waals surface area contributed by atoms with Gasteiger partial charge in [-0.2, -0.15) is 0 Å². The average molecular weight is 254 g/mol. The van der Waals surface area contributed by atoms with E-state index < -0.39 is 0 Å². The Morgan fingerprint density at radius 1 is 1.59 bits per heavy atom. The van der Waals surface area contributed by atoms with Gasteiger partial charge in [-0.15, -0.1) is 5.10 Å². The fraction of sp³-hybridized carbons (Fsp3) is 0.727. The molecule has 17 heavy (non-hydrogen) atoms. The fourth-order valence-corrected chi connectivity index (χ4v) is 2.61. The SMILES string of the molecule is CC(C)c1nnsc1C(=O)NCC1(N)CCC1. The van der Waals surface area contributed by atoms with Crippen LogP contribution in [0.2, 0.25) is 0 Å². The molecule has 1 heterocycles. The monoisotopic (exact) mass is 254 g/mol. The Bertz CT molecular complexity index is 411. The average Bonchev–Trinajstić information content (AvgIpc) is 2.72. The predicted octanol–water partition coefficient (Wildman–Crippen LogP) is 1.27. The van der Waals surface area contributed by atoms with E-state index in [1.807, 2.05) is 13.8 Å². The second kappa shape index (κ2) is 4.70. The molecule has 1 saturated carbocycles. The predicted molar refractivity (Wildman–Crippen MR) is 67.1 cm³/mol. The Morgan fingerprint density at radius 2 is 2.29 bits per heavy atom. The maximum atomic E-state index is 12.0. The van der Waals surface area contributed by atoms with Gasteiger partial charge in [0.15, 0.2) is 0 Å². The molecule has 1 aromatic rings. The minimum absolute atomic E-state index is 0.0968.